The molecule has 6 nitrogen and oxygen atoms in total. The highest BCUT2D eigenvalue weighted by Gasteiger charge is 2.18. The molecular weight excluding hydrogens is 731 g/mol. The van der Waals surface area contributed by atoms with Crippen molar-refractivity contribution in [2.24, 2.45) is 0 Å². The molecule has 59 heavy (non-hydrogen) atoms. The number of aliphatic hydroxyl groups is 2. The lowest BCUT2D eigenvalue weighted by Crippen LogP contribution is -2.45. The largest absolute Gasteiger partial charge is 0.466 e. The minimum Gasteiger partial charge on any atom is -0.466 e. The third kappa shape index (κ3) is 45.2. The second-order valence-electron chi connectivity index (χ2n) is 17.1. The summed E-state index contributed by atoms with van der Waals surface area (Å²) in [5, 5.41) is 22.9. The van der Waals surface area contributed by atoms with Crippen LogP contribution in [0.3, 0.4) is 0 Å². The average molecular weight is 828 g/mol. The smallest absolute Gasteiger partial charge is 0.305 e. The zero-order valence-electron chi connectivity index (χ0n) is 39.0. The van der Waals surface area contributed by atoms with Crippen molar-refractivity contribution in [1.29, 1.82) is 0 Å². The van der Waals surface area contributed by atoms with E-state index in [4.69, 9.17) is 4.74 Å². The maximum atomic E-state index is 12.4. The molecule has 0 bridgehead atoms. The number of carbonyl (C=O) groups is 2. The molecule has 0 saturated carbocycles. The molecule has 0 radical (unpaired) electrons. The van der Waals surface area contributed by atoms with E-state index in [-0.39, 0.29) is 18.5 Å². The van der Waals surface area contributed by atoms with Crippen LogP contribution in [0.2, 0.25) is 0 Å². The number of allylic oxidation sites excluding steroid dienone is 7. The first-order valence-electron chi connectivity index (χ1n) is 25.4. The fraction of sp³-hybridized carbons (Fsp3) is 0.811. The molecular formula is C53H97NO5. The fourth-order valence-corrected chi connectivity index (χ4v) is 7.36. The van der Waals surface area contributed by atoms with Crippen molar-refractivity contribution in [3.8, 4) is 0 Å². The Bertz CT molecular complexity index is 1000. The lowest BCUT2D eigenvalue weighted by Gasteiger charge is -2.20. The molecule has 0 heterocycles. The molecule has 6 heteroatoms. The van der Waals surface area contributed by atoms with Gasteiger partial charge in [-0.1, -0.05) is 197 Å². The van der Waals surface area contributed by atoms with Gasteiger partial charge in [-0.15, -0.1) is 0 Å². The van der Waals surface area contributed by atoms with Crippen molar-refractivity contribution in [2.75, 3.05) is 13.2 Å². The minimum absolute atomic E-state index is 0.0175. The third-order valence-electron chi connectivity index (χ3n) is 11.3. The van der Waals surface area contributed by atoms with Crippen molar-refractivity contribution in [2.45, 2.75) is 264 Å². The number of nitrogens with one attached hydrogen (secondary N) is 1. The normalized spacial score (nSPS) is 13.1. The highest BCUT2D eigenvalue weighted by atomic mass is 16.5. The summed E-state index contributed by atoms with van der Waals surface area (Å²) in [6.45, 7) is 4.81. The number of esters is 1. The van der Waals surface area contributed by atoms with Gasteiger partial charge in [-0.3, -0.25) is 9.59 Å². The summed E-state index contributed by atoms with van der Waals surface area (Å²) >= 11 is 0. The van der Waals surface area contributed by atoms with Gasteiger partial charge >= 0.3 is 5.97 Å². The van der Waals surface area contributed by atoms with Gasteiger partial charge in [0.25, 0.3) is 0 Å². The first-order valence-corrected chi connectivity index (χ1v) is 25.4. The molecule has 0 aromatic heterocycles. The van der Waals surface area contributed by atoms with Gasteiger partial charge in [0.2, 0.25) is 5.91 Å². The van der Waals surface area contributed by atoms with E-state index in [1.165, 1.54) is 161 Å². The molecule has 2 unspecified atom stereocenters. The molecule has 1 amide bonds. The zero-order chi connectivity index (χ0) is 43.0. The van der Waals surface area contributed by atoms with Gasteiger partial charge in [-0.2, -0.15) is 0 Å². The average Bonchev–Trinajstić information content (AvgIpc) is 3.24. The van der Waals surface area contributed by atoms with Gasteiger partial charge in [0.05, 0.1) is 25.4 Å². The summed E-state index contributed by atoms with van der Waals surface area (Å²) in [4.78, 5) is 24.4. The van der Waals surface area contributed by atoms with Gasteiger partial charge < -0.3 is 20.3 Å². The van der Waals surface area contributed by atoms with Crippen molar-refractivity contribution >= 4 is 11.9 Å². The third-order valence-corrected chi connectivity index (χ3v) is 11.3. The molecule has 0 aliphatic carbocycles. The zero-order valence-corrected chi connectivity index (χ0v) is 39.0. The Labute approximate surface area is 366 Å². The van der Waals surface area contributed by atoms with Gasteiger partial charge in [-0.05, 0) is 89.9 Å². The second-order valence-corrected chi connectivity index (χ2v) is 17.1. The summed E-state index contributed by atoms with van der Waals surface area (Å²) in [6.07, 6.45) is 59.7. The van der Waals surface area contributed by atoms with Crippen LogP contribution in [0.5, 0.6) is 0 Å². The van der Waals surface area contributed by atoms with Gasteiger partial charge in [0, 0.05) is 12.8 Å². The van der Waals surface area contributed by atoms with E-state index >= 15 is 0 Å². The topological polar surface area (TPSA) is 95.9 Å². The standard InChI is InChI=1S/C53H97NO5/c1-3-5-7-9-11-13-14-15-16-21-24-27-31-35-39-43-47-53(58)59-48-44-40-36-32-28-25-22-19-17-18-20-23-26-30-34-38-42-46-52(57)54-50(49-55)51(56)45-41-37-33-29-12-10-8-6-4-2/h13-14,16-17,19,21,41,45,50-51,55-56H,3-12,15,18,20,22-40,42-44,46-49H2,1-2H3,(H,54,57)/b14-13-,19-17-,21-16-,45-41+. The lowest BCUT2D eigenvalue weighted by molar-refractivity contribution is -0.143. The van der Waals surface area contributed by atoms with E-state index in [1.807, 2.05) is 6.08 Å². The van der Waals surface area contributed by atoms with Crippen molar-refractivity contribution in [3.63, 3.8) is 0 Å². The van der Waals surface area contributed by atoms with Crippen molar-refractivity contribution < 1.29 is 24.5 Å². The Morgan fingerprint density at radius 3 is 1.32 bits per heavy atom. The molecule has 3 N–H and O–H groups in total. The monoisotopic (exact) mass is 828 g/mol. The predicted octanol–water partition coefficient (Wildman–Crippen LogP) is 15.1. The molecule has 0 aliphatic heterocycles. The Balaban J connectivity index is 3.47. The second kappa shape index (κ2) is 48.5. The number of hydrogen-bond donors (Lipinski definition) is 3. The van der Waals surface area contributed by atoms with Crippen LogP contribution in [0.15, 0.2) is 48.6 Å². The summed E-state index contributed by atoms with van der Waals surface area (Å²) in [5.41, 5.74) is 0. The van der Waals surface area contributed by atoms with E-state index in [1.54, 1.807) is 6.08 Å². The van der Waals surface area contributed by atoms with E-state index in [0.717, 1.165) is 64.2 Å². The molecule has 0 saturated heterocycles. The Morgan fingerprint density at radius 2 is 0.847 bits per heavy atom. The Morgan fingerprint density at radius 1 is 0.475 bits per heavy atom. The summed E-state index contributed by atoms with van der Waals surface area (Å²) < 4.78 is 5.45. The Hall–Kier alpha value is -2.18. The van der Waals surface area contributed by atoms with E-state index in [9.17, 15) is 19.8 Å². The molecule has 0 aromatic rings. The quantitative estimate of drug-likeness (QED) is 0.0323. The van der Waals surface area contributed by atoms with Crippen LogP contribution in [-0.4, -0.2) is 47.4 Å². The number of aliphatic hydroxyl groups excluding tert-OH is 2. The molecule has 0 aromatic carbocycles. The van der Waals surface area contributed by atoms with Crippen LogP contribution < -0.4 is 5.32 Å². The van der Waals surface area contributed by atoms with E-state index < -0.39 is 12.1 Å². The summed E-state index contributed by atoms with van der Waals surface area (Å²) in [5.74, 6) is -0.102. The maximum Gasteiger partial charge on any atom is 0.305 e. The minimum atomic E-state index is -0.851. The van der Waals surface area contributed by atoms with E-state index in [2.05, 4.69) is 55.6 Å². The van der Waals surface area contributed by atoms with Crippen LogP contribution in [0.4, 0.5) is 0 Å². The number of hydrogen-bond acceptors (Lipinski definition) is 5. The highest BCUT2D eigenvalue weighted by Crippen LogP contribution is 2.14. The van der Waals surface area contributed by atoms with Crippen LogP contribution in [0.25, 0.3) is 0 Å². The lowest BCUT2D eigenvalue weighted by atomic mass is 10.1. The van der Waals surface area contributed by atoms with Crippen LogP contribution in [0.1, 0.15) is 251 Å². The fourth-order valence-electron chi connectivity index (χ4n) is 7.36. The predicted molar refractivity (Wildman–Crippen MR) is 255 cm³/mol. The van der Waals surface area contributed by atoms with Crippen molar-refractivity contribution in [3.05, 3.63) is 48.6 Å². The molecule has 0 aliphatic rings. The molecule has 344 valence electrons. The molecule has 0 spiro atoms. The van der Waals surface area contributed by atoms with E-state index in [0.29, 0.717) is 19.4 Å². The van der Waals surface area contributed by atoms with Gasteiger partial charge in [0.15, 0.2) is 0 Å². The van der Waals surface area contributed by atoms with Gasteiger partial charge in [-0.25, -0.2) is 0 Å². The number of amides is 1. The Kier molecular flexibility index (Phi) is 46.7. The van der Waals surface area contributed by atoms with Gasteiger partial charge in [0.1, 0.15) is 0 Å². The number of carbonyl (C=O) groups excluding carboxylic acids is 2. The first kappa shape index (κ1) is 56.8. The number of ether oxygens (including phenoxy) is 1. The summed E-state index contributed by atoms with van der Waals surface area (Å²) in [7, 11) is 0. The first-order chi connectivity index (χ1) is 29.0. The number of unbranched alkanes of at least 4 members (excludes halogenated alkanes) is 29. The molecule has 0 rings (SSSR count). The van der Waals surface area contributed by atoms with Crippen LogP contribution >= 0.6 is 0 Å². The maximum absolute atomic E-state index is 12.4. The molecule has 2 atom stereocenters. The van der Waals surface area contributed by atoms with Crippen LogP contribution in [-0.2, 0) is 14.3 Å². The highest BCUT2D eigenvalue weighted by molar-refractivity contribution is 5.76. The summed E-state index contributed by atoms with van der Waals surface area (Å²) in [6, 6.07) is -0.636. The van der Waals surface area contributed by atoms with Crippen molar-refractivity contribution in [1.82, 2.24) is 5.32 Å². The van der Waals surface area contributed by atoms with Crippen LogP contribution in [0, 0.1) is 0 Å². The molecule has 0 fully saturated rings. The number of rotatable bonds is 46. The SMILES string of the molecule is CCCCCC/C=C\C/C=C\CCCCCCCC(=O)OCCCCCCCC/C=C\CCCCCCCCCC(=O)NC(CO)C(O)/C=C/CCCCCCCCC.